The van der Waals surface area contributed by atoms with Crippen molar-refractivity contribution in [1.29, 1.82) is 0 Å². The predicted octanol–water partition coefficient (Wildman–Crippen LogP) is 2.34. The van der Waals surface area contributed by atoms with Crippen LogP contribution in [0.3, 0.4) is 0 Å². The van der Waals surface area contributed by atoms with Crippen LogP contribution in [-0.4, -0.2) is 39.9 Å². The maximum Gasteiger partial charge on any atom is 0.0860 e. The summed E-state index contributed by atoms with van der Waals surface area (Å²) < 4.78 is 1.94. The van der Waals surface area contributed by atoms with Gasteiger partial charge in [-0.25, -0.2) is 0 Å². The van der Waals surface area contributed by atoms with Gasteiger partial charge in [0.05, 0.1) is 16.4 Å². The van der Waals surface area contributed by atoms with E-state index in [-0.39, 0.29) is 0 Å². The Kier molecular flexibility index (Phi) is 4.07. The van der Waals surface area contributed by atoms with Gasteiger partial charge in [0.2, 0.25) is 0 Å². The van der Waals surface area contributed by atoms with Gasteiger partial charge in [-0.05, 0) is 45.6 Å². The second kappa shape index (κ2) is 5.66. The van der Waals surface area contributed by atoms with Crippen molar-refractivity contribution in [3.05, 3.63) is 16.4 Å². The minimum Gasteiger partial charge on any atom is -0.312 e. The predicted molar refractivity (Wildman–Crippen MR) is 82.0 cm³/mol. The molecule has 0 spiro atoms. The average molecular weight is 297 g/mol. The van der Waals surface area contributed by atoms with E-state index in [9.17, 15) is 0 Å². The van der Waals surface area contributed by atoms with Gasteiger partial charge in [0, 0.05) is 32.2 Å². The molecule has 2 aliphatic rings. The quantitative estimate of drug-likeness (QED) is 0.929. The molecule has 0 radical (unpaired) electrons. The molecule has 1 aliphatic carbocycles. The number of nitrogens with one attached hydrogen (secondary N) is 1. The zero-order valence-electron chi connectivity index (χ0n) is 12.7. The average Bonchev–Trinajstić information content (AvgIpc) is 3.20. The molecule has 0 amide bonds. The molecule has 20 heavy (non-hydrogen) atoms. The molecule has 0 aromatic carbocycles. The van der Waals surface area contributed by atoms with Crippen molar-refractivity contribution in [2.75, 3.05) is 13.1 Å². The summed E-state index contributed by atoms with van der Waals surface area (Å²) in [4.78, 5) is 2.57. The first-order valence-electron chi connectivity index (χ1n) is 7.71. The summed E-state index contributed by atoms with van der Waals surface area (Å²) in [6.45, 7) is 7.48. The van der Waals surface area contributed by atoms with Gasteiger partial charge in [-0.15, -0.1) is 0 Å². The van der Waals surface area contributed by atoms with E-state index in [2.05, 4.69) is 22.2 Å². The van der Waals surface area contributed by atoms with E-state index in [1.54, 1.807) is 0 Å². The molecular formula is C15H25ClN4. The highest BCUT2D eigenvalue weighted by atomic mass is 35.5. The number of hydrogen-bond acceptors (Lipinski definition) is 3. The lowest BCUT2D eigenvalue weighted by Gasteiger charge is -2.29. The van der Waals surface area contributed by atoms with Crippen LogP contribution in [-0.2, 0) is 13.6 Å². The summed E-state index contributed by atoms with van der Waals surface area (Å²) in [5.41, 5.74) is 2.08. The zero-order chi connectivity index (χ0) is 14.3. The van der Waals surface area contributed by atoms with Crippen molar-refractivity contribution in [3.63, 3.8) is 0 Å². The van der Waals surface area contributed by atoms with Crippen molar-refractivity contribution in [2.45, 2.75) is 51.7 Å². The van der Waals surface area contributed by atoms with Gasteiger partial charge in [-0.2, -0.15) is 5.10 Å². The molecular weight excluding hydrogens is 272 g/mol. The summed E-state index contributed by atoms with van der Waals surface area (Å²) in [6.07, 6.45) is 3.99. The summed E-state index contributed by atoms with van der Waals surface area (Å²) in [5.74, 6) is 0.895. The molecule has 1 aliphatic heterocycles. The lowest BCUT2D eigenvalue weighted by atomic mass is 10.1. The van der Waals surface area contributed by atoms with E-state index < -0.39 is 0 Å². The third-order valence-electron chi connectivity index (χ3n) is 4.83. The van der Waals surface area contributed by atoms with Crippen molar-refractivity contribution >= 4 is 11.6 Å². The van der Waals surface area contributed by atoms with Crippen LogP contribution in [0.25, 0.3) is 0 Å². The SMILES string of the molecule is Cc1nn(C)c(CN2CC(C3CC3)NCCC2C)c1Cl. The molecule has 1 saturated heterocycles. The Labute approximate surface area is 126 Å². The largest absolute Gasteiger partial charge is 0.312 e. The molecule has 4 nitrogen and oxygen atoms in total. The lowest BCUT2D eigenvalue weighted by Crippen LogP contribution is -2.41. The van der Waals surface area contributed by atoms with E-state index in [1.807, 2.05) is 18.7 Å². The third kappa shape index (κ3) is 2.87. The first kappa shape index (κ1) is 14.4. The summed E-state index contributed by atoms with van der Waals surface area (Å²) >= 11 is 6.41. The van der Waals surface area contributed by atoms with Gasteiger partial charge in [0.25, 0.3) is 0 Å². The smallest absolute Gasteiger partial charge is 0.0860 e. The maximum absolute atomic E-state index is 6.41. The van der Waals surface area contributed by atoms with Gasteiger partial charge in [0.15, 0.2) is 0 Å². The molecule has 2 atom stereocenters. The first-order chi connectivity index (χ1) is 9.56. The van der Waals surface area contributed by atoms with Gasteiger partial charge >= 0.3 is 0 Å². The molecule has 1 aromatic heterocycles. The number of hydrogen-bond donors (Lipinski definition) is 1. The molecule has 1 N–H and O–H groups in total. The Bertz CT molecular complexity index is 480. The normalized spacial score (nSPS) is 28.6. The Hall–Kier alpha value is -0.580. The minimum absolute atomic E-state index is 0.595. The van der Waals surface area contributed by atoms with Gasteiger partial charge < -0.3 is 5.32 Å². The van der Waals surface area contributed by atoms with E-state index >= 15 is 0 Å². The number of aryl methyl sites for hydroxylation is 2. The number of aromatic nitrogens is 2. The van der Waals surface area contributed by atoms with Crippen molar-refractivity contribution in [3.8, 4) is 0 Å². The fourth-order valence-corrected chi connectivity index (χ4v) is 3.46. The molecule has 112 valence electrons. The monoisotopic (exact) mass is 296 g/mol. The molecule has 1 aromatic rings. The molecule has 3 rings (SSSR count). The van der Waals surface area contributed by atoms with E-state index in [1.165, 1.54) is 19.3 Å². The van der Waals surface area contributed by atoms with Crippen LogP contribution in [0.2, 0.25) is 5.02 Å². The highest BCUT2D eigenvalue weighted by Crippen LogP contribution is 2.34. The third-order valence-corrected chi connectivity index (χ3v) is 5.32. The Morgan fingerprint density at radius 1 is 1.35 bits per heavy atom. The molecule has 0 bridgehead atoms. The highest BCUT2D eigenvalue weighted by Gasteiger charge is 2.35. The summed E-state index contributed by atoms with van der Waals surface area (Å²) in [6, 6.07) is 1.26. The molecule has 5 heteroatoms. The van der Waals surface area contributed by atoms with Crippen LogP contribution >= 0.6 is 11.6 Å². The second-order valence-electron chi connectivity index (χ2n) is 6.43. The fourth-order valence-electron chi connectivity index (χ4n) is 3.24. The van der Waals surface area contributed by atoms with E-state index in [4.69, 9.17) is 11.6 Å². The maximum atomic E-state index is 6.41. The van der Waals surface area contributed by atoms with Crippen molar-refractivity contribution in [2.24, 2.45) is 13.0 Å². The zero-order valence-corrected chi connectivity index (χ0v) is 13.5. The first-order valence-corrected chi connectivity index (χ1v) is 8.09. The van der Waals surface area contributed by atoms with E-state index in [0.29, 0.717) is 12.1 Å². The van der Waals surface area contributed by atoms with E-state index in [0.717, 1.165) is 42.0 Å². The van der Waals surface area contributed by atoms with Gasteiger partial charge in [-0.3, -0.25) is 9.58 Å². The lowest BCUT2D eigenvalue weighted by molar-refractivity contribution is 0.186. The summed E-state index contributed by atoms with van der Waals surface area (Å²) in [5, 5.41) is 8.99. The summed E-state index contributed by atoms with van der Waals surface area (Å²) in [7, 11) is 1.99. The molecule has 2 heterocycles. The van der Waals surface area contributed by atoms with Crippen LogP contribution in [0.4, 0.5) is 0 Å². The Morgan fingerprint density at radius 2 is 2.10 bits per heavy atom. The van der Waals surface area contributed by atoms with Crippen LogP contribution in [0.15, 0.2) is 0 Å². The standard InChI is InChI=1S/C15H25ClN4/c1-10-6-7-17-13(12-4-5-12)8-20(10)9-14-15(16)11(2)18-19(14)3/h10,12-13,17H,4-9H2,1-3H3. The number of rotatable bonds is 3. The van der Waals surface area contributed by atoms with Crippen molar-refractivity contribution in [1.82, 2.24) is 20.0 Å². The van der Waals surface area contributed by atoms with Gasteiger partial charge in [0.1, 0.15) is 0 Å². The van der Waals surface area contributed by atoms with Crippen LogP contribution in [0.5, 0.6) is 0 Å². The Morgan fingerprint density at radius 3 is 2.70 bits per heavy atom. The van der Waals surface area contributed by atoms with Crippen LogP contribution < -0.4 is 5.32 Å². The Balaban J connectivity index is 1.75. The second-order valence-corrected chi connectivity index (χ2v) is 6.81. The number of nitrogens with zero attached hydrogens (tertiary/aromatic N) is 3. The number of halogens is 1. The topological polar surface area (TPSA) is 33.1 Å². The van der Waals surface area contributed by atoms with Crippen LogP contribution in [0, 0.1) is 12.8 Å². The minimum atomic E-state index is 0.595. The molecule has 2 unspecified atom stereocenters. The van der Waals surface area contributed by atoms with Crippen molar-refractivity contribution < 1.29 is 0 Å². The molecule has 2 fully saturated rings. The highest BCUT2D eigenvalue weighted by molar-refractivity contribution is 6.31. The fraction of sp³-hybridized carbons (Fsp3) is 0.800. The van der Waals surface area contributed by atoms with Gasteiger partial charge in [-0.1, -0.05) is 11.6 Å². The molecule has 1 saturated carbocycles. The van der Waals surface area contributed by atoms with Crippen LogP contribution in [0.1, 0.15) is 37.6 Å².